The van der Waals surface area contributed by atoms with E-state index in [2.05, 4.69) is 5.32 Å². The van der Waals surface area contributed by atoms with Crippen molar-refractivity contribution in [2.45, 2.75) is 36.6 Å². The molecule has 2 unspecified atom stereocenters. The molecule has 0 bridgehead atoms. The van der Waals surface area contributed by atoms with Crippen LogP contribution in [0.15, 0.2) is 29.2 Å². The molecule has 0 aromatic heterocycles. The molecule has 2 rings (SSSR count). The number of hydrogen-bond acceptors (Lipinski definition) is 4. The molecule has 0 aliphatic heterocycles. The molecule has 1 aromatic carbocycles. The van der Waals surface area contributed by atoms with Crippen molar-refractivity contribution >= 4 is 17.7 Å². The number of carbonyl (C=O) groups is 1. The Kier molecular flexibility index (Phi) is 6.39. The molecule has 2 N–H and O–H groups in total. The minimum Gasteiger partial charge on any atom is -0.497 e. The highest BCUT2D eigenvalue weighted by atomic mass is 32.2. The Hall–Kier alpha value is -1.20. The minimum atomic E-state index is 0.0427. The number of nitrogens with one attached hydrogen (secondary N) is 1. The summed E-state index contributed by atoms with van der Waals surface area (Å²) in [7, 11) is 1.64. The van der Waals surface area contributed by atoms with Gasteiger partial charge >= 0.3 is 0 Å². The average Bonchev–Trinajstić information content (AvgIpc) is 2.54. The van der Waals surface area contributed by atoms with Crippen LogP contribution in [0.2, 0.25) is 0 Å². The van der Waals surface area contributed by atoms with Crippen LogP contribution in [0.3, 0.4) is 0 Å². The number of aliphatic hydroxyl groups excluding tert-OH is 1. The summed E-state index contributed by atoms with van der Waals surface area (Å²) in [5.74, 6) is 1.48. The molecule has 1 aromatic rings. The van der Waals surface area contributed by atoms with E-state index in [4.69, 9.17) is 4.74 Å². The first-order chi connectivity index (χ1) is 10.2. The molecule has 5 heteroatoms. The third-order valence-corrected chi connectivity index (χ3v) is 4.93. The van der Waals surface area contributed by atoms with Gasteiger partial charge in [0, 0.05) is 23.5 Å². The highest BCUT2D eigenvalue weighted by molar-refractivity contribution is 8.00. The molecule has 0 radical (unpaired) electrons. The van der Waals surface area contributed by atoms with Gasteiger partial charge in [0.2, 0.25) is 5.91 Å². The molecule has 0 saturated heterocycles. The first-order valence-corrected chi connectivity index (χ1v) is 8.38. The summed E-state index contributed by atoms with van der Waals surface area (Å²) in [5, 5.41) is 12.4. The predicted molar refractivity (Wildman–Crippen MR) is 84.7 cm³/mol. The lowest BCUT2D eigenvalue weighted by Crippen LogP contribution is -2.44. The zero-order chi connectivity index (χ0) is 15.1. The normalized spacial score (nSPS) is 21.8. The minimum absolute atomic E-state index is 0.0427. The highest BCUT2D eigenvalue weighted by Gasteiger charge is 2.25. The summed E-state index contributed by atoms with van der Waals surface area (Å²) in [5.41, 5.74) is 0. The maximum absolute atomic E-state index is 12.0. The number of ether oxygens (including phenoxy) is 1. The van der Waals surface area contributed by atoms with Gasteiger partial charge in [-0.05, 0) is 37.1 Å². The van der Waals surface area contributed by atoms with Gasteiger partial charge < -0.3 is 15.2 Å². The molecule has 0 spiro atoms. The molecule has 1 saturated carbocycles. The van der Waals surface area contributed by atoms with Crippen LogP contribution in [0, 0.1) is 5.92 Å². The van der Waals surface area contributed by atoms with E-state index in [1.165, 1.54) is 11.8 Å². The van der Waals surface area contributed by atoms with E-state index < -0.39 is 0 Å². The van der Waals surface area contributed by atoms with E-state index in [-0.39, 0.29) is 24.5 Å². The lowest BCUT2D eigenvalue weighted by Gasteiger charge is -2.30. The fraction of sp³-hybridized carbons (Fsp3) is 0.562. The molecule has 116 valence electrons. The summed E-state index contributed by atoms with van der Waals surface area (Å²) in [6, 6.07) is 7.82. The fourth-order valence-electron chi connectivity index (χ4n) is 2.69. The van der Waals surface area contributed by atoms with E-state index in [1.807, 2.05) is 24.3 Å². The van der Waals surface area contributed by atoms with Crippen molar-refractivity contribution < 1.29 is 14.6 Å². The zero-order valence-electron chi connectivity index (χ0n) is 12.4. The lowest BCUT2D eigenvalue weighted by atomic mass is 9.85. The summed E-state index contributed by atoms with van der Waals surface area (Å²) >= 11 is 1.52. The average molecular weight is 309 g/mol. The van der Waals surface area contributed by atoms with Crippen molar-refractivity contribution in [2.24, 2.45) is 5.92 Å². The SMILES string of the molecule is COc1ccc(SCC(=O)NC2CCCCC2CO)cc1. The van der Waals surface area contributed by atoms with Crippen LogP contribution >= 0.6 is 11.8 Å². The maximum Gasteiger partial charge on any atom is 0.230 e. The number of thioether (sulfide) groups is 1. The number of benzene rings is 1. The van der Waals surface area contributed by atoms with Crippen LogP contribution in [0.4, 0.5) is 0 Å². The molecule has 21 heavy (non-hydrogen) atoms. The maximum atomic E-state index is 12.0. The van der Waals surface area contributed by atoms with E-state index in [0.29, 0.717) is 5.75 Å². The van der Waals surface area contributed by atoms with Gasteiger partial charge in [-0.2, -0.15) is 0 Å². The van der Waals surface area contributed by atoms with Crippen molar-refractivity contribution in [1.82, 2.24) is 5.32 Å². The second-order valence-electron chi connectivity index (χ2n) is 5.37. The van der Waals surface area contributed by atoms with Crippen molar-refractivity contribution in [1.29, 1.82) is 0 Å². The fourth-order valence-corrected chi connectivity index (χ4v) is 3.40. The zero-order valence-corrected chi connectivity index (χ0v) is 13.2. The van der Waals surface area contributed by atoms with Crippen molar-refractivity contribution in [3.63, 3.8) is 0 Å². The number of hydrogen-bond donors (Lipinski definition) is 2. The van der Waals surface area contributed by atoms with Gasteiger partial charge in [0.1, 0.15) is 5.75 Å². The number of rotatable bonds is 6. The Balaban J connectivity index is 1.78. The van der Waals surface area contributed by atoms with E-state index in [9.17, 15) is 9.90 Å². The summed E-state index contributed by atoms with van der Waals surface area (Å²) in [6.07, 6.45) is 4.27. The van der Waals surface area contributed by atoms with Gasteiger partial charge in [-0.15, -0.1) is 11.8 Å². The Morgan fingerprint density at radius 1 is 1.33 bits per heavy atom. The quantitative estimate of drug-likeness (QED) is 0.793. The van der Waals surface area contributed by atoms with Crippen molar-refractivity contribution in [2.75, 3.05) is 19.5 Å². The van der Waals surface area contributed by atoms with Crippen LogP contribution < -0.4 is 10.1 Å². The summed E-state index contributed by atoms with van der Waals surface area (Å²) in [6.45, 7) is 0.163. The number of amides is 1. The number of carbonyl (C=O) groups excluding carboxylic acids is 1. The molecule has 4 nitrogen and oxygen atoms in total. The second-order valence-corrected chi connectivity index (χ2v) is 6.41. The molecule has 1 aliphatic carbocycles. The number of aliphatic hydroxyl groups is 1. The monoisotopic (exact) mass is 309 g/mol. The van der Waals surface area contributed by atoms with Crippen molar-refractivity contribution in [3.8, 4) is 5.75 Å². The molecule has 1 amide bonds. The largest absolute Gasteiger partial charge is 0.497 e. The Morgan fingerprint density at radius 2 is 2.05 bits per heavy atom. The number of methoxy groups -OCH3 is 1. The third-order valence-electron chi connectivity index (χ3n) is 3.92. The van der Waals surface area contributed by atoms with E-state index in [0.717, 1.165) is 36.3 Å². The van der Waals surface area contributed by atoms with Gasteiger partial charge in [-0.25, -0.2) is 0 Å². The standard InChI is InChI=1S/C16H23NO3S/c1-20-13-6-8-14(9-7-13)21-11-16(19)17-15-5-3-2-4-12(15)10-18/h6-9,12,15,18H,2-5,10-11H2,1H3,(H,17,19). The van der Waals surface area contributed by atoms with Gasteiger partial charge in [0.15, 0.2) is 0 Å². The van der Waals surface area contributed by atoms with Gasteiger partial charge in [-0.1, -0.05) is 12.8 Å². The molecular formula is C16H23NO3S. The van der Waals surface area contributed by atoms with Crippen LogP contribution in [-0.2, 0) is 4.79 Å². The molecule has 0 heterocycles. The van der Waals surface area contributed by atoms with Gasteiger partial charge in [0.05, 0.1) is 12.9 Å². The molecular weight excluding hydrogens is 286 g/mol. The molecule has 1 aliphatic rings. The lowest BCUT2D eigenvalue weighted by molar-refractivity contribution is -0.120. The smallest absolute Gasteiger partial charge is 0.230 e. The van der Waals surface area contributed by atoms with Gasteiger partial charge in [-0.3, -0.25) is 4.79 Å². The second kappa shape index (κ2) is 8.29. The van der Waals surface area contributed by atoms with Crippen LogP contribution in [0.1, 0.15) is 25.7 Å². The summed E-state index contributed by atoms with van der Waals surface area (Å²) in [4.78, 5) is 13.1. The Bertz CT molecular complexity index is 449. The van der Waals surface area contributed by atoms with Gasteiger partial charge in [0.25, 0.3) is 0 Å². The van der Waals surface area contributed by atoms with E-state index in [1.54, 1.807) is 7.11 Å². The van der Waals surface area contributed by atoms with E-state index >= 15 is 0 Å². The van der Waals surface area contributed by atoms with Crippen molar-refractivity contribution in [3.05, 3.63) is 24.3 Å². The highest BCUT2D eigenvalue weighted by Crippen LogP contribution is 2.25. The van der Waals surface area contributed by atoms with Crippen LogP contribution in [0.5, 0.6) is 5.75 Å². The Morgan fingerprint density at radius 3 is 2.71 bits per heavy atom. The predicted octanol–water partition coefficient (Wildman–Crippen LogP) is 2.45. The van der Waals surface area contributed by atoms with Crippen LogP contribution in [-0.4, -0.2) is 36.5 Å². The molecule has 2 atom stereocenters. The first-order valence-electron chi connectivity index (χ1n) is 7.40. The summed E-state index contributed by atoms with van der Waals surface area (Å²) < 4.78 is 5.11. The first kappa shape index (κ1) is 16.2. The Labute approximate surface area is 130 Å². The van der Waals surface area contributed by atoms with Crippen LogP contribution in [0.25, 0.3) is 0 Å². The molecule has 1 fully saturated rings. The third kappa shape index (κ3) is 4.93. The topological polar surface area (TPSA) is 58.6 Å².